The molecule has 2 aromatic carbocycles. The molecule has 1 saturated heterocycles. The number of hydrogen-bond donors (Lipinski definition) is 12. The van der Waals surface area contributed by atoms with Crippen molar-refractivity contribution in [1.29, 1.82) is 0 Å². The lowest BCUT2D eigenvalue weighted by molar-refractivity contribution is -0.141. The Bertz CT molecular complexity index is 2070. The molecule has 1 aliphatic rings. The molecule has 22 heteroatoms. The van der Waals surface area contributed by atoms with Gasteiger partial charge in [-0.1, -0.05) is 59.2 Å². The molecule has 1 heterocycles. The molecule has 3 rings (SSSR count). The Morgan fingerprint density at radius 1 is 0.746 bits per heavy atom. The van der Waals surface area contributed by atoms with E-state index in [1.54, 1.807) is 38.1 Å². The molecule has 0 bridgehead atoms. The Morgan fingerprint density at radius 3 is 1.91 bits per heavy atom. The molecule has 2 aromatic rings. The van der Waals surface area contributed by atoms with Gasteiger partial charge in [-0.2, -0.15) is 25.3 Å². The van der Waals surface area contributed by atoms with Crippen LogP contribution in [0.4, 0.5) is 0 Å². The third-order valence-electron chi connectivity index (χ3n) is 11.3. The summed E-state index contributed by atoms with van der Waals surface area (Å²) in [4.78, 5) is 109. The SMILES string of the molecule is CCC(C)[C@H](NC(=O)[C@H](Cc1ccc(O)cc1)NC(=O)[C@H](CS)NC(=O)[C@H](CC(C)C)NC(=O)CNC(=O)[C@H](Cc1ccc(O)c(I)c1)NC(=O)[C@@H]1C[C@@H](O)CN1C(=O)[C@@H](C)CS)C(=O)NC. The van der Waals surface area contributed by atoms with Gasteiger partial charge >= 0.3 is 0 Å². The van der Waals surface area contributed by atoms with Gasteiger partial charge in [-0.3, -0.25) is 38.4 Å². The molecule has 0 aromatic heterocycles. The van der Waals surface area contributed by atoms with Crippen LogP contribution in [0.15, 0.2) is 42.5 Å². The van der Waals surface area contributed by atoms with Crippen LogP contribution in [0.2, 0.25) is 0 Å². The second-order valence-corrected chi connectivity index (χ2v) is 19.1. The maximum Gasteiger partial charge on any atom is 0.244 e. The van der Waals surface area contributed by atoms with Crippen LogP contribution in [0, 0.1) is 21.3 Å². The van der Waals surface area contributed by atoms with Gasteiger partial charge in [0.05, 0.1) is 16.2 Å². The minimum Gasteiger partial charge on any atom is -0.508 e. The molecule has 1 fully saturated rings. The molecule has 0 radical (unpaired) electrons. The molecule has 67 heavy (non-hydrogen) atoms. The number of phenolic OH excluding ortho intramolecular Hbond substituents is 2. The topological polar surface area (TPSA) is 285 Å². The number of likely N-dealkylation sites (tertiary alicyclic amines) is 1. The predicted octanol–water partition coefficient (Wildman–Crippen LogP) is 0.324. The lowest BCUT2D eigenvalue weighted by atomic mass is 9.97. The van der Waals surface area contributed by atoms with E-state index in [-0.39, 0.29) is 73.0 Å². The van der Waals surface area contributed by atoms with Crippen LogP contribution in [0.3, 0.4) is 0 Å². The first kappa shape index (κ1) is 56.5. The van der Waals surface area contributed by atoms with Crippen LogP contribution < -0.4 is 37.2 Å². The van der Waals surface area contributed by atoms with Crippen molar-refractivity contribution in [2.45, 2.75) is 109 Å². The first-order valence-corrected chi connectivity index (χ1v) is 24.4. The van der Waals surface area contributed by atoms with Crippen molar-refractivity contribution in [1.82, 2.24) is 42.1 Å². The van der Waals surface area contributed by atoms with Crippen LogP contribution in [0.1, 0.15) is 65.0 Å². The number of carbonyl (C=O) groups excluding carboxylic acids is 8. The lowest BCUT2D eigenvalue weighted by Gasteiger charge is -2.28. The maximum absolute atomic E-state index is 13.8. The lowest BCUT2D eigenvalue weighted by Crippen LogP contribution is -2.60. The van der Waals surface area contributed by atoms with Crippen LogP contribution >= 0.6 is 47.8 Å². The summed E-state index contributed by atoms with van der Waals surface area (Å²) >= 11 is 10.4. The van der Waals surface area contributed by atoms with Crippen LogP contribution in [-0.2, 0) is 51.2 Å². The largest absolute Gasteiger partial charge is 0.508 e. The molecular formula is C45H65IN8O11S2. The Morgan fingerprint density at radius 2 is 1.33 bits per heavy atom. The van der Waals surface area contributed by atoms with E-state index in [4.69, 9.17) is 0 Å². The highest BCUT2D eigenvalue weighted by Gasteiger charge is 2.41. The van der Waals surface area contributed by atoms with Crippen LogP contribution in [-0.4, -0.2) is 141 Å². The fourth-order valence-electron chi connectivity index (χ4n) is 7.22. The number of hydrogen-bond acceptors (Lipinski definition) is 13. The Hall–Kier alpha value is -4.81. The number of halogens is 1. The highest BCUT2D eigenvalue weighted by molar-refractivity contribution is 14.1. The summed E-state index contributed by atoms with van der Waals surface area (Å²) in [7, 11) is 1.44. The van der Waals surface area contributed by atoms with Gasteiger partial charge in [-0.25, -0.2) is 0 Å². The third-order valence-corrected chi connectivity index (χ3v) is 13.1. The summed E-state index contributed by atoms with van der Waals surface area (Å²) < 4.78 is 0.482. The monoisotopic (exact) mass is 1080 g/mol. The Kier molecular flexibility index (Phi) is 23.0. The quantitative estimate of drug-likeness (QED) is 0.0503. The fraction of sp³-hybridized carbons (Fsp3) is 0.556. The number of benzene rings is 2. The van der Waals surface area contributed by atoms with Gasteiger partial charge in [-0.15, -0.1) is 0 Å². The van der Waals surface area contributed by atoms with Gasteiger partial charge in [0, 0.05) is 50.3 Å². The number of likely N-dealkylation sites (N-methyl/N-ethyl adjacent to an activating group) is 1. The smallest absolute Gasteiger partial charge is 0.244 e. The van der Waals surface area contributed by atoms with E-state index in [0.717, 1.165) is 0 Å². The summed E-state index contributed by atoms with van der Waals surface area (Å²) in [5, 5.41) is 48.7. The average molecular weight is 1090 g/mol. The Labute approximate surface area is 415 Å². The second-order valence-electron chi connectivity index (χ2n) is 17.2. The fourth-order valence-corrected chi connectivity index (χ4v) is 8.22. The number of aliphatic hydroxyl groups is 1. The molecule has 0 spiro atoms. The maximum atomic E-state index is 13.8. The number of rotatable bonds is 24. The minimum absolute atomic E-state index is 0.00618. The van der Waals surface area contributed by atoms with Crippen molar-refractivity contribution in [3.05, 3.63) is 57.2 Å². The zero-order valence-electron chi connectivity index (χ0n) is 38.5. The van der Waals surface area contributed by atoms with E-state index in [9.17, 15) is 53.7 Å². The molecule has 370 valence electrons. The third kappa shape index (κ3) is 17.3. The number of amides is 8. The average Bonchev–Trinajstić information content (AvgIpc) is 3.70. The van der Waals surface area contributed by atoms with Crippen molar-refractivity contribution < 1.29 is 53.7 Å². The zero-order chi connectivity index (χ0) is 50.1. The standard InChI is InChI=1S/C45H65IN8O11S2/c1-7-24(4)38(44(64)47-6)53-41(61)33(16-26-8-11-28(55)12-9-26)50-42(62)34(22-67)52-40(60)31(14-23(2)3)49-37(58)19-48-39(59)32(17-27-10-13-36(57)30(46)15-27)51-43(63)35-18-29(56)20-54(35)45(65)25(5)21-66/h8-13,15,23-25,29,31-35,38,55-57,66-67H,7,14,16-22H2,1-6H3,(H,47,64)(H,48,59)(H,49,58)(H,50,62)(H,51,63)(H,52,60)(H,53,61)/t24?,25-,29+,31-,32-,33-,34-,35-,38-/m0/s1. The summed E-state index contributed by atoms with van der Waals surface area (Å²) in [6.07, 6.45) is -0.484. The molecule has 9 atom stereocenters. The summed E-state index contributed by atoms with van der Waals surface area (Å²) in [5.41, 5.74) is 1.13. The van der Waals surface area contributed by atoms with E-state index in [0.29, 0.717) is 21.1 Å². The van der Waals surface area contributed by atoms with Gasteiger partial charge in [0.15, 0.2) is 0 Å². The molecule has 10 N–H and O–H groups in total. The van der Waals surface area contributed by atoms with Crippen LogP contribution in [0.25, 0.3) is 0 Å². The molecule has 1 unspecified atom stereocenters. The van der Waals surface area contributed by atoms with E-state index in [1.807, 2.05) is 43.4 Å². The van der Waals surface area contributed by atoms with Crippen LogP contribution in [0.5, 0.6) is 11.5 Å². The van der Waals surface area contributed by atoms with Gasteiger partial charge in [0.1, 0.15) is 47.8 Å². The highest BCUT2D eigenvalue weighted by Crippen LogP contribution is 2.23. The normalized spacial score (nSPS) is 17.7. The van der Waals surface area contributed by atoms with Gasteiger partial charge in [0.2, 0.25) is 47.3 Å². The second kappa shape index (κ2) is 27.3. The van der Waals surface area contributed by atoms with Crippen molar-refractivity contribution >= 4 is 95.1 Å². The molecule has 19 nitrogen and oxygen atoms in total. The summed E-state index contributed by atoms with van der Waals surface area (Å²) in [6.45, 7) is 8.22. The van der Waals surface area contributed by atoms with Crippen molar-refractivity contribution in [2.75, 3.05) is 31.6 Å². The minimum atomic E-state index is -1.30. The van der Waals surface area contributed by atoms with E-state index >= 15 is 0 Å². The van der Waals surface area contributed by atoms with Gasteiger partial charge in [-0.05, 0) is 76.2 Å². The van der Waals surface area contributed by atoms with Crippen molar-refractivity contribution in [3.63, 3.8) is 0 Å². The van der Waals surface area contributed by atoms with E-state index in [1.165, 1.54) is 30.1 Å². The zero-order valence-corrected chi connectivity index (χ0v) is 42.5. The number of nitrogens with zero attached hydrogens (tertiary/aromatic N) is 1. The molecule has 0 saturated carbocycles. The number of β-amino-alcohol motifs (C(OH)–C–C–N with tert-alkyl or cyclic N) is 1. The first-order valence-electron chi connectivity index (χ1n) is 22.1. The number of aliphatic hydroxyl groups excluding tert-OH is 1. The van der Waals surface area contributed by atoms with E-state index in [2.05, 4.69) is 62.5 Å². The van der Waals surface area contributed by atoms with E-state index < -0.39 is 96.2 Å². The number of aromatic hydroxyl groups is 2. The molecular weight excluding hydrogens is 1020 g/mol. The molecule has 0 aliphatic carbocycles. The summed E-state index contributed by atoms with van der Waals surface area (Å²) in [6, 6.07) is 3.58. The molecule has 1 aliphatic heterocycles. The number of phenols is 2. The number of carbonyl (C=O) groups is 8. The highest BCUT2D eigenvalue weighted by atomic mass is 127. The van der Waals surface area contributed by atoms with Gasteiger partial charge in [0.25, 0.3) is 0 Å². The van der Waals surface area contributed by atoms with Gasteiger partial charge < -0.3 is 57.4 Å². The predicted molar refractivity (Wildman–Crippen MR) is 265 cm³/mol. The molecule has 8 amide bonds. The number of thiol groups is 2. The summed E-state index contributed by atoms with van der Waals surface area (Å²) in [5.74, 6) is -6.22. The number of nitrogens with one attached hydrogen (secondary N) is 7. The first-order chi connectivity index (χ1) is 31.6. The van der Waals surface area contributed by atoms with Crippen molar-refractivity contribution in [3.8, 4) is 11.5 Å². The van der Waals surface area contributed by atoms with Crippen molar-refractivity contribution in [2.24, 2.45) is 17.8 Å². The Balaban J connectivity index is 1.77.